The molecule has 2 amide bonds. The van der Waals surface area contributed by atoms with Crippen LogP contribution in [0.4, 0.5) is 5.69 Å². The Bertz CT molecular complexity index is 1220. The third kappa shape index (κ3) is 4.23. The van der Waals surface area contributed by atoms with Crippen molar-refractivity contribution in [2.45, 2.75) is 6.92 Å². The number of aryl methyl sites for hydroxylation is 1. The molecule has 0 saturated heterocycles. The molecule has 0 aliphatic rings. The van der Waals surface area contributed by atoms with Crippen LogP contribution in [-0.4, -0.2) is 28.5 Å². The Morgan fingerprint density at radius 2 is 1.80 bits per heavy atom. The van der Waals surface area contributed by atoms with E-state index in [1.54, 1.807) is 25.1 Å². The maximum Gasteiger partial charge on any atom is 0.259 e. The van der Waals surface area contributed by atoms with Crippen LogP contribution in [0.3, 0.4) is 0 Å². The molecule has 30 heavy (non-hydrogen) atoms. The second-order valence-electron chi connectivity index (χ2n) is 6.61. The Morgan fingerprint density at radius 3 is 2.53 bits per heavy atom. The van der Waals surface area contributed by atoms with E-state index in [1.165, 1.54) is 0 Å². The fraction of sp³-hybridized carbons (Fsp3) is 0.0909. The van der Waals surface area contributed by atoms with Crippen molar-refractivity contribution < 1.29 is 14.1 Å². The van der Waals surface area contributed by atoms with E-state index in [0.717, 1.165) is 10.0 Å². The number of carbonyl (C=O) groups excluding carboxylic acids is 2. The van der Waals surface area contributed by atoms with E-state index in [0.29, 0.717) is 28.0 Å². The smallest absolute Gasteiger partial charge is 0.259 e. The minimum absolute atomic E-state index is 0.177. The van der Waals surface area contributed by atoms with Gasteiger partial charge in [0.2, 0.25) is 5.91 Å². The Morgan fingerprint density at radius 1 is 1.07 bits per heavy atom. The molecule has 8 heteroatoms. The summed E-state index contributed by atoms with van der Waals surface area (Å²) in [7, 11) is 0. The van der Waals surface area contributed by atoms with Gasteiger partial charge in [-0.1, -0.05) is 51.4 Å². The van der Waals surface area contributed by atoms with Gasteiger partial charge in [0.1, 0.15) is 0 Å². The molecule has 0 saturated carbocycles. The first kappa shape index (κ1) is 19.8. The van der Waals surface area contributed by atoms with Crippen molar-refractivity contribution >= 4 is 44.5 Å². The molecule has 4 aromatic rings. The van der Waals surface area contributed by atoms with Crippen LogP contribution >= 0.6 is 15.9 Å². The minimum atomic E-state index is -0.406. The number of pyridine rings is 1. The number of rotatable bonds is 5. The van der Waals surface area contributed by atoms with E-state index in [9.17, 15) is 9.59 Å². The predicted molar refractivity (Wildman–Crippen MR) is 117 cm³/mol. The zero-order valence-electron chi connectivity index (χ0n) is 16.0. The number of aromatic nitrogens is 2. The zero-order valence-corrected chi connectivity index (χ0v) is 17.6. The minimum Gasteiger partial charge on any atom is -0.343 e. The van der Waals surface area contributed by atoms with Gasteiger partial charge in [-0.25, -0.2) is 4.98 Å². The molecule has 0 aliphatic heterocycles. The Labute approximate surface area is 180 Å². The molecule has 2 aromatic carbocycles. The van der Waals surface area contributed by atoms with Crippen molar-refractivity contribution in [1.82, 2.24) is 15.5 Å². The highest BCUT2D eigenvalue weighted by Crippen LogP contribution is 2.26. The number of hydrogen-bond donors (Lipinski definition) is 2. The van der Waals surface area contributed by atoms with E-state index in [4.69, 9.17) is 4.52 Å². The molecule has 150 valence electrons. The number of nitrogens with zero attached hydrogens (tertiary/aromatic N) is 2. The number of hydrogen-bond acceptors (Lipinski definition) is 5. The topological polar surface area (TPSA) is 97.1 Å². The van der Waals surface area contributed by atoms with Crippen molar-refractivity contribution in [1.29, 1.82) is 0 Å². The van der Waals surface area contributed by atoms with E-state index in [-0.39, 0.29) is 18.2 Å². The maximum atomic E-state index is 12.9. The van der Waals surface area contributed by atoms with E-state index in [1.807, 2.05) is 42.5 Å². The SMILES string of the molecule is Cc1noc2nc(-c3ccccc3)cc(C(=O)NCC(=O)Nc3ccc(Br)cc3)c12. The standard InChI is InChI=1S/C22H17BrN4O3/c1-13-20-17(11-18(26-22(20)30-27-13)14-5-3-2-4-6-14)21(29)24-12-19(28)25-16-9-7-15(23)8-10-16/h2-11H,12H2,1H3,(H,24,29)(H,25,28). The molecule has 0 spiro atoms. The largest absolute Gasteiger partial charge is 0.343 e. The van der Waals surface area contributed by atoms with Crippen molar-refractivity contribution in [2.75, 3.05) is 11.9 Å². The second kappa shape index (κ2) is 8.46. The van der Waals surface area contributed by atoms with Gasteiger partial charge in [0, 0.05) is 15.7 Å². The number of benzene rings is 2. The average molecular weight is 465 g/mol. The lowest BCUT2D eigenvalue weighted by Crippen LogP contribution is -2.33. The Kier molecular flexibility index (Phi) is 5.58. The number of nitrogens with one attached hydrogen (secondary N) is 2. The van der Waals surface area contributed by atoms with Crippen LogP contribution < -0.4 is 10.6 Å². The number of fused-ring (bicyclic) bond motifs is 1. The molecule has 2 N–H and O–H groups in total. The number of amides is 2. The normalized spacial score (nSPS) is 10.7. The molecule has 2 heterocycles. The van der Waals surface area contributed by atoms with Crippen molar-refractivity contribution in [3.05, 3.63) is 76.4 Å². The van der Waals surface area contributed by atoms with Crippen LogP contribution in [0.25, 0.3) is 22.4 Å². The summed E-state index contributed by atoms with van der Waals surface area (Å²) in [4.78, 5) is 29.6. The van der Waals surface area contributed by atoms with Gasteiger partial charge < -0.3 is 15.2 Å². The van der Waals surface area contributed by atoms with Gasteiger partial charge in [-0.15, -0.1) is 0 Å². The van der Waals surface area contributed by atoms with Gasteiger partial charge in [0.25, 0.3) is 11.6 Å². The van der Waals surface area contributed by atoms with E-state index in [2.05, 4.69) is 36.7 Å². The summed E-state index contributed by atoms with van der Waals surface area (Å²) in [5.74, 6) is -0.738. The molecule has 7 nitrogen and oxygen atoms in total. The molecule has 0 atom stereocenters. The van der Waals surface area contributed by atoms with Crippen LogP contribution in [-0.2, 0) is 4.79 Å². The summed E-state index contributed by atoms with van der Waals surface area (Å²) < 4.78 is 6.20. The third-order valence-corrected chi connectivity index (χ3v) is 5.00. The lowest BCUT2D eigenvalue weighted by Gasteiger charge is -2.09. The number of anilines is 1. The average Bonchev–Trinajstić information content (AvgIpc) is 3.14. The molecular weight excluding hydrogens is 448 g/mol. The van der Waals surface area contributed by atoms with Crippen LogP contribution in [0.2, 0.25) is 0 Å². The summed E-state index contributed by atoms with van der Waals surface area (Å²) in [5, 5.41) is 9.86. The molecule has 2 aromatic heterocycles. The summed E-state index contributed by atoms with van der Waals surface area (Å²) >= 11 is 3.34. The molecule has 0 fully saturated rings. The van der Waals surface area contributed by atoms with E-state index >= 15 is 0 Å². The first-order valence-electron chi connectivity index (χ1n) is 9.17. The second-order valence-corrected chi connectivity index (χ2v) is 7.52. The highest BCUT2D eigenvalue weighted by Gasteiger charge is 2.19. The van der Waals surface area contributed by atoms with Gasteiger partial charge in [-0.05, 0) is 37.3 Å². The fourth-order valence-corrected chi connectivity index (χ4v) is 3.29. The van der Waals surface area contributed by atoms with Crippen LogP contribution in [0.15, 0.2) is 69.7 Å². The molecule has 0 radical (unpaired) electrons. The fourth-order valence-electron chi connectivity index (χ4n) is 3.02. The Hall–Kier alpha value is -3.52. The number of halogens is 1. The van der Waals surface area contributed by atoms with Crippen molar-refractivity contribution in [3.8, 4) is 11.3 Å². The van der Waals surface area contributed by atoms with Crippen molar-refractivity contribution in [3.63, 3.8) is 0 Å². The summed E-state index contributed by atoms with van der Waals surface area (Å²) in [6, 6.07) is 18.3. The maximum absolute atomic E-state index is 12.9. The third-order valence-electron chi connectivity index (χ3n) is 4.47. The number of carbonyl (C=O) groups is 2. The van der Waals surface area contributed by atoms with Gasteiger partial charge >= 0.3 is 0 Å². The zero-order chi connectivity index (χ0) is 21.1. The summed E-state index contributed by atoms with van der Waals surface area (Å²) in [6.07, 6.45) is 0. The summed E-state index contributed by atoms with van der Waals surface area (Å²) in [5.41, 5.74) is 3.26. The molecule has 0 unspecified atom stereocenters. The van der Waals surface area contributed by atoms with Crippen LogP contribution in [0.5, 0.6) is 0 Å². The van der Waals surface area contributed by atoms with Gasteiger partial charge in [0.05, 0.1) is 28.9 Å². The first-order valence-corrected chi connectivity index (χ1v) is 9.96. The molecule has 0 aliphatic carbocycles. The Balaban J connectivity index is 1.55. The highest BCUT2D eigenvalue weighted by atomic mass is 79.9. The van der Waals surface area contributed by atoms with Crippen LogP contribution in [0.1, 0.15) is 16.1 Å². The monoisotopic (exact) mass is 464 g/mol. The summed E-state index contributed by atoms with van der Waals surface area (Å²) in [6.45, 7) is 1.57. The quantitative estimate of drug-likeness (QED) is 0.458. The highest BCUT2D eigenvalue weighted by molar-refractivity contribution is 9.10. The lowest BCUT2D eigenvalue weighted by molar-refractivity contribution is -0.115. The van der Waals surface area contributed by atoms with Gasteiger partial charge in [-0.2, -0.15) is 0 Å². The van der Waals surface area contributed by atoms with Crippen molar-refractivity contribution in [2.24, 2.45) is 0 Å². The predicted octanol–water partition coefficient (Wildman–Crippen LogP) is 4.33. The first-order chi connectivity index (χ1) is 14.5. The molecule has 0 bridgehead atoms. The molecular formula is C22H17BrN4O3. The lowest BCUT2D eigenvalue weighted by atomic mass is 10.1. The van der Waals surface area contributed by atoms with Gasteiger partial charge in [0.15, 0.2) is 0 Å². The van der Waals surface area contributed by atoms with Gasteiger partial charge in [-0.3, -0.25) is 9.59 Å². The molecule has 4 rings (SSSR count). The van der Waals surface area contributed by atoms with Crippen LogP contribution in [0, 0.1) is 6.92 Å². The van der Waals surface area contributed by atoms with E-state index < -0.39 is 5.91 Å².